The predicted molar refractivity (Wildman–Crippen MR) is 171 cm³/mol. The van der Waals surface area contributed by atoms with Crippen LogP contribution in [0.15, 0.2) is 48.5 Å². The Kier molecular flexibility index (Phi) is 8.43. The Morgan fingerprint density at radius 1 is 0.568 bits per heavy atom. The van der Waals surface area contributed by atoms with Crippen molar-refractivity contribution in [3.05, 3.63) is 48.5 Å². The number of benzene rings is 3. The molecule has 0 spiro atoms. The van der Waals surface area contributed by atoms with Crippen LogP contribution in [-0.4, -0.2) is 38.4 Å². The molecule has 4 saturated carbocycles. The first-order chi connectivity index (χ1) is 21.5. The lowest BCUT2D eigenvalue weighted by Gasteiger charge is -2.26. The van der Waals surface area contributed by atoms with Crippen molar-refractivity contribution in [3.8, 4) is 11.5 Å². The van der Waals surface area contributed by atoms with Crippen LogP contribution in [0, 0.1) is 22.7 Å². The van der Waals surface area contributed by atoms with Gasteiger partial charge in [-0.25, -0.2) is 0 Å². The number of esters is 2. The molecule has 4 bridgehead atoms. The Morgan fingerprint density at radius 2 is 0.932 bits per heavy atom. The number of hydrogen-bond donors (Lipinski definition) is 0. The highest BCUT2D eigenvalue weighted by Crippen LogP contribution is 2.56. The van der Waals surface area contributed by atoms with Crippen LogP contribution in [0.2, 0.25) is 0 Å². The van der Waals surface area contributed by atoms with Crippen molar-refractivity contribution in [2.45, 2.75) is 89.9 Å². The second-order valence-electron chi connectivity index (χ2n) is 14.2. The number of carbonyl (C=O) groups excluding carboxylic acids is 2. The first-order valence-corrected chi connectivity index (χ1v) is 17.0. The molecule has 0 N–H and O–H groups in total. The highest BCUT2D eigenvalue weighted by atomic mass is 16.5. The molecule has 0 radical (unpaired) electrons. The van der Waals surface area contributed by atoms with Gasteiger partial charge in [0.25, 0.3) is 0 Å². The van der Waals surface area contributed by atoms with E-state index in [9.17, 15) is 9.59 Å². The van der Waals surface area contributed by atoms with Crippen molar-refractivity contribution in [3.63, 3.8) is 0 Å². The van der Waals surface area contributed by atoms with Crippen molar-refractivity contribution >= 4 is 33.5 Å². The van der Waals surface area contributed by atoms with Gasteiger partial charge < -0.3 is 18.9 Å². The molecule has 0 atom stereocenters. The normalized spacial score (nSPS) is 26.8. The Bertz CT molecular complexity index is 1320. The zero-order valence-electron chi connectivity index (χ0n) is 26.0. The molecular weight excluding hydrogens is 552 g/mol. The molecule has 0 aromatic heterocycles. The SMILES string of the molecule is O=C(CCOc1c2ccccc2c(OCCC(=O)OCCC23CCC(CC2)C3)c2ccccc12)OCCC12CCC(CC1)C2. The lowest BCUT2D eigenvalue weighted by Crippen LogP contribution is -2.19. The van der Waals surface area contributed by atoms with Crippen LogP contribution in [0.4, 0.5) is 0 Å². The fourth-order valence-corrected chi connectivity index (χ4v) is 9.06. The van der Waals surface area contributed by atoms with E-state index in [2.05, 4.69) is 0 Å². The van der Waals surface area contributed by atoms with Gasteiger partial charge in [0.1, 0.15) is 11.5 Å². The molecule has 7 rings (SSSR count). The first-order valence-electron chi connectivity index (χ1n) is 17.0. The summed E-state index contributed by atoms with van der Waals surface area (Å²) in [6.45, 7) is 1.51. The number of ether oxygens (including phenoxy) is 4. The van der Waals surface area contributed by atoms with E-state index >= 15 is 0 Å². The first kappa shape index (κ1) is 29.4. The average Bonchev–Trinajstić information content (AvgIpc) is 3.84. The number of rotatable bonds is 14. The van der Waals surface area contributed by atoms with E-state index in [1.807, 2.05) is 48.5 Å². The van der Waals surface area contributed by atoms with Gasteiger partial charge in [0.05, 0.1) is 39.3 Å². The number of hydrogen-bond acceptors (Lipinski definition) is 6. The summed E-state index contributed by atoms with van der Waals surface area (Å²) >= 11 is 0. The maximum atomic E-state index is 12.6. The van der Waals surface area contributed by atoms with Gasteiger partial charge in [-0.2, -0.15) is 0 Å². The third-order valence-electron chi connectivity index (χ3n) is 11.5. The van der Waals surface area contributed by atoms with Gasteiger partial charge in [0.15, 0.2) is 0 Å². The molecule has 4 aliphatic rings. The van der Waals surface area contributed by atoms with Gasteiger partial charge in [-0.3, -0.25) is 9.59 Å². The Labute approximate surface area is 260 Å². The third-order valence-corrected chi connectivity index (χ3v) is 11.5. The predicted octanol–water partition coefficient (Wildman–Crippen LogP) is 8.56. The molecule has 4 fully saturated rings. The molecule has 3 aromatic carbocycles. The molecule has 234 valence electrons. The lowest BCUT2D eigenvalue weighted by molar-refractivity contribution is -0.146. The zero-order valence-corrected chi connectivity index (χ0v) is 26.0. The van der Waals surface area contributed by atoms with E-state index in [1.165, 1.54) is 64.2 Å². The summed E-state index contributed by atoms with van der Waals surface area (Å²) in [7, 11) is 0. The Morgan fingerprint density at radius 3 is 1.25 bits per heavy atom. The molecule has 6 heteroatoms. The van der Waals surface area contributed by atoms with Gasteiger partial charge in [-0.15, -0.1) is 0 Å². The highest BCUT2D eigenvalue weighted by Gasteiger charge is 2.45. The van der Waals surface area contributed by atoms with E-state index in [4.69, 9.17) is 18.9 Å². The van der Waals surface area contributed by atoms with Crippen LogP contribution < -0.4 is 9.47 Å². The highest BCUT2D eigenvalue weighted by molar-refractivity contribution is 6.11. The average molecular weight is 599 g/mol. The van der Waals surface area contributed by atoms with Gasteiger partial charge in [0, 0.05) is 21.5 Å². The molecule has 0 heterocycles. The quantitative estimate of drug-likeness (QED) is 0.137. The summed E-state index contributed by atoms with van der Waals surface area (Å²) < 4.78 is 23.9. The van der Waals surface area contributed by atoms with E-state index in [0.717, 1.165) is 57.7 Å². The van der Waals surface area contributed by atoms with Crippen LogP contribution in [0.5, 0.6) is 11.5 Å². The van der Waals surface area contributed by atoms with Crippen LogP contribution in [-0.2, 0) is 19.1 Å². The smallest absolute Gasteiger partial charge is 0.309 e. The summed E-state index contributed by atoms with van der Waals surface area (Å²) in [5, 5.41) is 3.66. The minimum atomic E-state index is -0.204. The summed E-state index contributed by atoms with van der Waals surface area (Å²) in [4.78, 5) is 25.1. The topological polar surface area (TPSA) is 71.1 Å². The van der Waals surface area contributed by atoms with Gasteiger partial charge in [-0.1, -0.05) is 48.5 Å². The molecule has 3 aromatic rings. The maximum absolute atomic E-state index is 12.6. The van der Waals surface area contributed by atoms with Crippen molar-refractivity contribution in [2.75, 3.05) is 26.4 Å². The standard InChI is InChI=1S/C38H46O6/c39-33(41-23-19-37-15-9-27(25-37)10-16-37)13-21-43-35-29-5-1-2-6-30(29)36(32-8-4-3-7-31(32)35)44-22-14-34(40)42-24-20-38-17-11-28(26-38)12-18-38/h1-8,27-28H,9-26H2. The molecule has 6 nitrogen and oxygen atoms in total. The largest absolute Gasteiger partial charge is 0.492 e. The zero-order chi connectivity index (χ0) is 30.0. The summed E-state index contributed by atoms with van der Waals surface area (Å²) in [6.07, 6.45) is 15.6. The fraction of sp³-hybridized carbons (Fsp3) is 0.579. The van der Waals surface area contributed by atoms with Gasteiger partial charge >= 0.3 is 11.9 Å². The second-order valence-corrected chi connectivity index (χ2v) is 14.2. The van der Waals surface area contributed by atoms with Crippen LogP contribution >= 0.6 is 0 Å². The molecule has 0 aliphatic heterocycles. The van der Waals surface area contributed by atoms with Crippen LogP contribution in [0.3, 0.4) is 0 Å². The van der Waals surface area contributed by atoms with Crippen LogP contribution in [0.25, 0.3) is 21.5 Å². The summed E-state index contributed by atoms with van der Waals surface area (Å²) in [5.41, 5.74) is 0.857. The second kappa shape index (κ2) is 12.6. The van der Waals surface area contributed by atoms with E-state index in [1.54, 1.807) is 0 Å². The van der Waals surface area contributed by atoms with Crippen molar-refractivity contribution in [2.24, 2.45) is 22.7 Å². The fourth-order valence-electron chi connectivity index (χ4n) is 9.06. The molecule has 4 aliphatic carbocycles. The number of carbonyl (C=O) groups is 2. The van der Waals surface area contributed by atoms with E-state index in [0.29, 0.717) is 24.0 Å². The molecule has 0 saturated heterocycles. The molecule has 44 heavy (non-hydrogen) atoms. The molecular formula is C38H46O6. The number of fused-ring (bicyclic) bond motifs is 6. The van der Waals surface area contributed by atoms with Crippen molar-refractivity contribution in [1.29, 1.82) is 0 Å². The minimum absolute atomic E-state index is 0.204. The van der Waals surface area contributed by atoms with Crippen molar-refractivity contribution in [1.82, 2.24) is 0 Å². The van der Waals surface area contributed by atoms with Gasteiger partial charge in [0.2, 0.25) is 0 Å². The molecule has 0 unspecified atom stereocenters. The van der Waals surface area contributed by atoms with Crippen molar-refractivity contribution < 1.29 is 28.5 Å². The third kappa shape index (κ3) is 6.14. The minimum Gasteiger partial charge on any atom is -0.492 e. The summed E-state index contributed by atoms with van der Waals surface area (Å²) in [5.74, 6) is 2.87. The molecule has 0 amide bonds. The maximum Gasteiger partial charge on any atom is 0.309 e. The Hall–Kier alpha value is -3.28. The van der Waals surface area contributed by atoms with E-state index in [-0.39, 0.29) is 38.0 Å². The lowest BCUT2D eigenvalue weighted by atomic mass is 9.81. The van der Waals surface area contributed by atoms with Gasteiger partial charge in [-0.05, 0) is 99.7 Å². The van der Waals surface area contributed by atoms with E-state index < -0.39 is 0 Å². The van der Waals surface area contributed by atoms with Crippen LogP contribution in [0.1, 0.15) is 89.9 Å². The summed E-state index contributed by atoms with van der Waals surface area (Å²) in [6, 6.07) is 16.0. The monoisotopic (exact) mass is 598 g/mol. The Balaban J connectivity index is 0.948.